The molecule has 21 heavy (non-hydrogen) atoms. The molecule has 0 unspecified atom stereocenters. The second-order valence-corrected chi connectivity index (χ2v) is 5.89. The average Bonchev–Trinajstić information content (AvgIpc) is 2.79. The van der Waals surface area contributed by atoms with Gasteiger partial charge in [0, 0.05) is 22.9 Å². The van der Waals surface area contributed by atoms with Crippen molar-refractivity contribution >= 4 is 38.3 Å². The number of hydrogen-bond donors (Lipinski definition) is 1. The van der Waals surface area contributed by atoms with E-state index in [4.69, 9.17) is 0 Å². The van der Waals surface area contributed by atoms with Gasteiger partial charge in [-0.05, 0) is 42.0 Å². The number of nitrogens with one attached hydrogen (secondary N) is 1. The third-order valence-electron chi connectivity index (χ3n) is 3.28. The Hall–Kier alpha value is -2.07. The maximum absolute atomic E-state index is 4.52. The van der Waals surface area contributed by atoms with Crippen molar-refractivity contribution in [1.29, 1.82) is 0 Å². The summed E-state index contributed by atoms with van der Waals surface area (Å²) in [4.78, 5) is 4.52. The van der Waals surface area contributed by atoms with Gasteiger partial charge in [0.05, 0.1) is 5.69 Å². The monoisotopic (exact) mass is 341 g/mol. The molecule has 0 saturated heterocycles. The highest BCUT2D eigenvalue weighted by atomic mass is 79.9. The van der Waals surface area contributed by atoms with Crippen LogP contribution in [-0.4, -0.2) is 9.55 Å². The van der Waals surface area contributed by atoms with Crippen molar-refractivity contribution in [3.8, 4) is 0 Å². The first-order chi connectivity index (χ1) is 10.2. The van der Waals surface area contributed by atoms with Crippen molar-refractivity contribution < 1.29 is 0 Å². The smallest absolute Gasteiger partial charge is 0.207 e. The van der Waals surface area contributed by atoms with Crippen LogP contribution in [0, 0.1) is 6.92 Å². The van der Waals surface area contributed by atoms with Crippen molar-refractivity contribution in [3.63, 3.8) is 0 Å². The van der Waals surface area contributed by atoms with E-state index in [1.54, 1.807) is 0 Å². The lowest BCUT2D eigenvalue weighted by atomic mass is 10.1. The summed E-state index contributed by atoms with van der Waals surface area (Å²) >= 11 is 3.50. The maximum Gasteiger partial charge on any atom is 0.207 e. The first kappa shape index (κ1) is 13.9. The molecule has 3 rings (SSSR count). The first-order valence-corrected chi connectivity index (χ1v) is 7.56. The molecule has 0 amide bonds. The number of aromatic nitrogens is 2. The summed E-state index contributed by atoms with van der Waals surface area (Å²) < 4.78 is 3.14. The fourth-order valence-corrected chi connectivity index (χ4v) is 2.73. The standard InChI is InChI=1S/C17H16BrN3/c1-3-8-21-11-12(2)19-17(21)20-16-7-5-13-9-15(18)6-4-14(13)10-16/h3-7,9-11H,1,8H2,2H3,(H,19,20). The summed E-state index contributed by atoms with van der Waals surface area (Å²) in [6.07, 6.45) is 3.88. The van der Waals surface area contributed by atoms with Crippen LogP contribution in [0.5, 0.6) is 0 Å². The van der Waals surface area contributed by atoms with Gasteiger partial charge < -0.3 is 9.88 Å². The molecule has 0 aliphatic rings. The van der Waals surface area contributed by atoms with Gasteiger partial charge >= 0.3 is 0 Å². The summed E-state index contributed by atoms with van der Waals surface area (Å²) in [5.74, 6) is 0.837. The number of imidazole rings is 1. The van der Waals surface area contributed by atoms with Crippen LogP contribution < -0.4 is 5.32 Å². The van der Waals surface area contributed by atoms with Crippen molar-refractivity contribution in [2.45, 2.75) is 13.5 Å². The van der Waals surface area contributed by atoms with Gasteiger partial charge in [0.1, 0.15) is 0 Å². The highest BCUT2D eigenvalue weighted by Gasteiger charge is 2.05. The van der Waals surface area contributed by atoms with E-state index in [-0.39, 0.29) is 0 Å². The normalized spacial score (nSPS) is 10.8. The van der Waals surface area contributed by atoms with Gasteiger partial charge in [-0.2, -0.15) is 0 Å². The number of nitrogens with zero attached hydrogens (tertiary/aromatic N) is 2. The second kappa shape index (κ2) is 5.74. The zero-order valence-corrected chi connectivity index (χ0v) is 13.4. The number of fused-ring (bicyclic) bond motifs is 1. The molecule has 1 heterocycles. The van der Waals surface area contributed by atoms with E-state index in [2.05, 4.69) is 69.2 Å². The largest absolute Gasteiger partial charge is 0.326 e. The van der Waals surface area contributed by atoms with E-state index in [9.17, 15) is 0 Å². The van der Waals surface area contributed by atoms with E-state index in [1.165, 1.54) is 10.8 Å². The van der Waals surface area contributed by atoms with Gasteiger partial charge in [-0.1, -0.05) is 34.1 Å². The summed E-state index contributed by atoms with van der Waals surface area (Å²) in [5, 5.41) is 5.78. The van der Waals surface area contributed by atoms with E-state index >= 15 is 0 Å². The molecule has 0 radical (unpaired) electrons. The molecule has 3 nitrogen and oxygen atoms in total. The molecule has 0 aliphatic carbocycles. The van der Waals surface area contributed by atoms with Gasteiger partial charge in [-0.25, -0.2) is 4.98 Å². The SMILES string of the molecule is C=CCn1cc(C)nc1Nc1ccc2cc(Br)ccc2c1. The summed E-state index contributed by atoms with van der Waals surface area (Å²) in [5.41, 5.74) is 2.02. The molecule has 0 spiro atoms. The Morgan fingerprint density at radius 1 is 1.24 bits per heavy atom. The molecule has 0 bridgehead atoms. The number of aryl methyl sites for hydroxylation is 1. The minimum atomic E-state index is 0.740. The Morgan fingerprint density at radius 3 is 2.81 bits per heavy atom. The highest BCUT2D eigenvalue weighted by Crippen LogP contribution is 2.24. The number of allylic oxidation sites excluding steroid dienone is 1. The first-order valence-electron chi connectivity index (χ1n) is 6.77. The van der Waals surface area contributed by atoms with Crippen LogP contribution in [0.25, 0.3) is 10.8 Å². The molecule has 0 atom stereocenters. The van der Waals surface area contributed by atoms with Crippen LogP contribution in [0.2, 0.25) is 0 Å². The lowest BCUT2D eigenvalue weighted by molar-refractivity contribution is 0.832. The lowest BCUT2D eigenvalue weighted by Crippen LogP contribution is -2.01. The van der Waals surface area contributed by atoms with E-state index in [1.807, 2.05) is 23.8 Å². The Kier molecular flexibility index (Phi) is 3.80. The molecule has 106 valence electrons. The van der Waals surface area contributed by atoms with Crippen LogP contribution in [0.1, 0.15) is 5.69 Å². The fourth-order valence-electron chi connectivity index (χ4n) is 2.35. The van der Waals surface area contributed by atoms with E-state index < -0.39 is 0 Å². The van der Waals surface area contributed by atoms with Crippen LogP contribution in [0.15, 0.2) is 59.7 Å². The average molecular weight is 342 g/mol. The third-order valence-corrected chi connectivity index (χ3v) is 3.77. The topological polar surface area (TPSA) is 29.9 Å². The molecule has 4 heteroatoms. The van der Waals surface area contributed by atoms with Gasteiger partial charge in [-0.3, -0.25) is 0 Å². The van der Waals surface area contributed by atoms with E-state index in [0.717, 1.165) is 28.3 Å². The van der Waals surface area contributed by atoms with Crippen LogP contribution in [0.4, 0.5) is 11.6 Å². The predicted molar refractivity (Wildman–Crippen MR) is 92.1 cm³/mol. The maximum atomic E-state index is 4.52. The van der Waals surface area contributed by atoms with Gasteiger partial charge in [-0.15, -0.1) is 6.58 Å². The van der Waals surface area contributed by atoms with Crippen molar-refractivity contribution in [3.05, 3.63) is 65.4 Å². The number of halogens is 1. The van der Waals surface area contributed by atoms with Crippen LogP contribution >= 0.6 is 15.9 Å². The van der Waals surface area contributed by atoms with Crippen LogP contribution in [-0.2, 0) is 6.54 Å². The van der Waals surface area contributed by atoms with Gasteiger partial charge in [0.2, 0.25) is 5.95 Å². The molecule has 0 saturated carbocycles. The number of anilines is 2. The second-order valence-electron chi connectivity index (χ2n) is 4.98. The zero-order valence-electron chi connectivity index (χ0n) is 11.8. The third kappa shape index (κ3) is 3.00. The highest BCUT2D eigenvalue weighted by molar-refractivity contribution is 9.10. The summed E-state index contributed by atoms with van der Waals surface area (Å²) in [6, 6.07) is 12.6. The quantitative estimate of drug-likeness (QED) is 0.674. The number of rotatable bonds is 4. The Bertz CT molecular complexity index is 805. The fraction of sp³-hybridized carbons (Fsp3) is 0.118. The summed E-state index contributed by atoms with van der Waals surface area (Å²) in [6.45, 7) is 6.51. The van der Waals surface area contributed by atoms with Crippen molar-refractivity contribution in [2.24, 2.45) is 0 Å². The number of hydrogen-bond acceptors (Lipinski definition) is 2. The minimum absolute atomic E-state index is 0.740. The Morgan fingerprint density at radius 2 is 2.00 bits per heavy atom. The minimum Gasteiger partial charge on any atom is -0.326 e. The van der Waals surface area contributed by atoms with Crippen LogP contribution in [0.3, 0.4) is 0 Å². The van der Waals surface area contributed by atoms with Gasteiger partial charge in [0.25, 0.3) is 0 Å². The molecule has 1 N–H and O–H groups in total. The zero-order chi connectivity index (χ0) is 14.8. The summed E-state index contributed by atoms with van der Waals surface area (Å²) in [7, 11) is 0. The van der Waals surface area contributed by atoms with Crippen molar-refractivity contribution in [2.75, 3.05) is 5.32 Å². The van der Waals surface area contributed by atoms with E-state index in [0.29, 0.717) is 0 Å². The molecule has 0 aliphatic heterocycles. The molecule has 3 aromatic rings. The molecule has 0 fully saturated rings. The molecule has 2 aromatic carbocycles. The van der Waals surface area contributed by atoms with Crippen molar-refractivity contribution in [1.82, 2.24) is 9.55 Å². The Labute approximate surface area is 132 Å². The lowest BCUT2D eigenvalue weighted by Gasteiger charge is -2.09. The van der Waals surface area contributed by atoms with Gasteiger partial charge in [0.15, 0.2) is 0 Å². The molecular formula is C17H16BrN3. The molecular weight excluding hydrogens is 326 g/mol. The predicted octanol–water partition coefficient (Wildman–Crippen LogP) is 5.04. The number of benzene rings is 2. The Balaban J connectivity index is 1.94. The molecule has 1 aromatic heterocycles.